The van der Waals surface area contributed by atoms with E-state index in [-0.39, 0.29) is 5.82 Å². The van der Waals surface area contributed by atoms with E-state index in [0.29, 0.717) is 24.8 Å². The molecule has 2 aromatic rings. The van der Waals surface area contributed by atoms with Crippen LogP contribution in [0.25, 0.3) is 0 Å². The molecule has 0 bridgehead atoms. The molecule has 0 saturated carbocycles. The zero-order chi connectivity index (χ0) is 13.7. The highest BCUT2D eigenvalue weighted by molar-refractivity contribution is 5.22. The molecule has 1 N–H and O–H groups in total. The zero-order valence-corrected chi connectivity index (χ0v) is 11.1. The Labute approximate surface area is 113 Å². The van der Waals surface area contributed by atoms with Gasteiger partial charge in [-0.05, 0) is 23.6 Å². The Bertz CT molecular complexity index is 524. The molecule has 0 aliphatic carbocycles. The molecule has 0 radical (unpaired) electrons. The summed E-state index contributed by atoms with van der Waals surface area (Å²) in [6.07, 6.45) is 1.47. The lowest BCUT2D eigenvalue weighted by atomic mass is 9.86. The van der Waals surface area contributed by atoms with Crippen LogP contribution in [0.4, 0.5) is 4.39 Å². The minimum absolute atomic E-state index is 0.248. The summed E-state index contributed by atoms with van der Waals surface area (Å²) in [6.45, 7) is 1.93. The van der Waals surface area contributed by atoms with Crippen molar-refractivity contribution in [2.75, 3.05) is 0 Å². The molecular formula is C17H19FO. The third kappa shape index (κ3) is 3.65. The molecule has 2 aromatic carbocycles. The SMILES string of the molecule is CCC(O)(Cc1ccccc1)Cc1ccccc1F. The van der Waals surface area contributed by atoms with E-state index >= 15 is 0 Å². The van der Waals surface area contributed by atoms with Gasteiger partial charge in [-0.25, -0.2) is 4.39 Å². The van der Waals surface area contributed by atoms with Crippen LogP contribution in [-0.4, -0.2) is 10.7 Å². The van der Waals surface area contributed by atoms with Gasteiger partial charge in [0.15, 0.2) is 0 Å². The molecule has 0 saturated heterocycles. The van der Waals surface area contributed by atoms with E-state index in [2.05, 4.69) is 0 Å². The van der Waals surface area contributed by atoms with Crippen molar-refractivity contribution >= 4 is 0 Å². The Balaban J connectivity index is 2.17. The molecule has 0 heterocycles. The van der Waals surface area contributed by atoms with Crippen LogP contribution in [0.3, 0.4) is 0 Å². The van der Waals surface area contributed by atoms with Gasteiger partial charge in [0.05, 0.1) is 5.60 Å². The smallest absolute Gasteiger partial charge is 0.126 e. The van der Waals surface area contributed by atoms with Crippen molar-refractivity contribution in [1.29, 1.82) is 0 Å². The van der Waals surface area contributed by atoms with Gasteiger partial charge in [-0.15, -0.1) is 0 Å². The topological polar surface area (TPSA) is 20.2 Å². The first-order chi connectivity index (χ1) is 9.13. The third-order valence-corrected chi connectivity index (χ3v) is 3.51. The van der Waals surface area contributed by atoms with Crippen LogP contribution in [0.15, 0.2) is 54.6 Å². The number of hydrogen-bond donors (Lipinski definition) is 1. The number of benzene rings is 2. The van der Waals surface area contributed by atoms with Crippen LogP contribution in [-0.2, 0) is 12.8 Å². The highest BCUT2D eigenvalue weighted by atomic mass is 19.1. The summed E-state index contributed by atoms with van der Waals surface area (Å²) in [5, 5.41) is 10.7. The molecule has 0 fully saturated rings. The fourth-order valence-corrected chi connectivity index (χ4v) is 2.28. The Hall–Kier alpha value is -1.67. The lowest BCUT2D eigenvalue weighted by molar-refractivity contribution is 0.0360. The molecule has 0 aromatic heterocycles. The van der Waals surface area contributed by atoms with E-state index in [1.807, 2.05) is 37.3 Å². The monoisotopic (exact) mass is 258 g/mol. The average molecular weight is 258 g/mol. The lowest BCUT2D eigenvalue weighted by Crippen LogP contribution is -2.33. The molecule has 1 unspecified atom stereocenters. The molecule has 100 valence electrons. The van der Waals surface area contributed by atoms with Gasteiger partial charge in [0.1, 0.15) is 5.82 Å². The highest BCUT2D eigenvalue weighted by Gasteiger charge is 2.26. The van der Waals surface area contributed by atoms with Crippen molar-refractivity contribution in [3.8, 4) is 0 Å². The normalized spacial score (nSPS) is 14.1. The molecule has 19 heavy (non-hydrogen) atoms. The summed E-state index contributed by atoms with van der Waals surface area (Å²) in [5.74, 6) is -0.248. The molecule has 1 nitrogen and oxygen atoms in total. The van der Waals surface area contributed by atoms with Gasteiger partial charge < -0.3 is 5.11 Å². The van der Waals surface area contributed by atoms with Crippen LogP contribution >= 0.6 is 0 Å². The summed E-state index contributed by atoms with van der Waals surface area (Å²) >= 11 is 0. The third-order valence-electron chi connectivity index (χ3n) is 3.51. The predicted octanol–water partition coefficient (Wildman–Crippen LogP) is 3.75. The highest BCUT2D eigenvalue weighted by Crippen LogP contribution is 2.23. The Morgan fingerprint density at radius 1 is 0.947 bits per heavy atom. The maximum atomic E-state index is 13.7. The second-order valence-electron chi connectivity index (χ2n) is 5.01. The largest absolute Gasteiger partial charge is 0.389 e. The second-order valence-corrected chi connectivity index (χ2v) is 5.01. The van der Waals surface area contributed by atoms with Gasteiger partial charge in [0.25, 0.3) is 0 Å². The maximum Gasteiger partial charge on any atom is 0.126 e. The molecular weight excluding hydrogens is 239 g/mol. The van der Waals surface area contributed by atoms with Gasteiger partial charge in [0, 0.05) is 12.8 Å². The fourth-order valence-electron chi connectivity index (χ4n) is 2.28. The Morgan fingerprint density at radius 3 is 2.21 bits per heavy atom. The van der Waals surface area contributed by atoms with Crippen LogP contribution in [0.2, 0.25) is 0 Å². The van der Waals surface area contributed by atoms with Crippen LogP contribution in [0.5, 0.6) is 0 Å². The molecule has 0 amide bonds. The molecule has 1 atom stereocenters. The van der Waals surface area contributed by atoms with Crippen molar-refractivity contribution in [2.45, 2.75) is 31.8 Å². The predicted molar refractivity (Wildman–Crippen MR) is 75.5 cm³/mol. The maximum absolute atomic E-state index is 13.7. The summed E-state index contributed by atoms with van der Waals surface area (Å²) in [4.78, 5) is 0. The van der Waals surface area contributed by atoms with Crippen molar-refractivity contribution in [1.82, 2.24) is 0 Å². The fraction of sp³-hybridized carbons (Fsp3) is 0.294. The van der Waals surface area contributed by atoms with Crippen molar-refractivity contribution in [2.24, 2.45) is 0 Å². The standard InChI is InChI=1S/C17H19FO/c1-2-17(19,12-14-8-4-3-5-9-14)13-15-10-6-7-11-16(15)18/h3-11,19H,2,12-13H2,1H3. The lowest BCUT2D eigenvalue weighted by Gasteiger charge is -2.27. The van der Waals surface area contributed by atoms with Crippen LogP contribution < -0.4 is 0 Å². The summed E-state index contributed by atoms with van der Waals surface area (Å²) in [5.41, 5.74) is 0.745. The second kappa shape index (κ2) is 5.98. The molecule has 2 rings (SSSR count). The minimum Gasteiger partial charge on any atom is -0.389 e. The molecule has 0 aliphatic rings. The van der Waals surface area contributed by atoms with Gasteiger partial charge in [-0.2, -0.15) is 0 Å². The van der Waals surface area contributed by atoms with Crippen molar-refractivity contribution < 1.29 is 9.50 Å². The van der Waals surface area contributed by atoms with E-state index in [1.54, 1.807) is 18.2 Å². The van der Waals surface area contributed by atoms with Crippen LogP contribution in [0.1, 0.15) is 24.5 Å². The minimum atomic E-state index is -0.899. The molecule has 0 aliphatic heterocycles. The van der Waals surface area contributed by atoms with Crippen LogP contribution in [0, 0.1) is 5.82 Å². The summed E-state index contributed by atoms with van der Waals surface area (Å²) in [7, 11) is 0. The van der Waals surface area contributed by atoms with Gasteiger partial charge in [0.2, 0.25) is 0 Å². The van der Waals surface area contributed by atoms with E-state index in [1.165, 1.54) is 6.07 Å². The van der Waals surface area contributed by atoms with Gasteiger partial charge in [-0.1, -0.05) is 55.5 Å². The number of rotatable bonds is 5. The van der Waals surface area contributed by atoms with Gasteiger partial charge >= 0.3 is 0 Å². The number of halogens is 1. The van der Waals surface area contributed by atoms with Gasteiger partial charge in [-0.3, -0.25) is 0 Å². The first kappa shape index (κ1) is 13.8. The average Bonchev–Trinajstić information content (AvgIpc) is 2.42. The zero-order valence-electron chi connectivity index (χ0n) is 11.1. The first-order valence-corrected chi connectivity index (χ1v) is 6.63. The van der Waals surface area contributed by atoms with Crippen molar-refractivity contribution in [3.05, 3.63) is 71.5 Å². The molecule has 0 spiro atoms. The summed E-state index contributed by atoms with van der Waals surface area (Å²) < 4.78 is 13.7. The first-order valence-electron chi connectivity index (χ1n) is 6.63. The number of hydrogen-bond acceptors (Lipinski definition) is 1. The van der Waals surface area contributed by atoms with E-state index in [4.69, 9.17) is 0 Å². The Morgan fingerprint density at radius 2 is 1.58 bits per heavy atom. The van der Waals surface area contributed by atoms with E-state index in [9.17, 15) is 9.50 Å². The van der Waals surface area contributed by atoms with Crippen molar-refractivity contribution in [3.63, 3.8) is 0 Å². The number of aliphatic hydroxyl groups is 1. The van der Waals surface area contributed by atoms with E-state index in [0.717, 1.165) is 5.56 Å². The Kier molecular flexibility index (Phi) is 4.33. The summed E-state index contributed by atoms with van der Waals surface area (Å²) in [6, 6.07) is 16.5. The van der Waals surface area contributed by atoms with E-state index < -0.39 is 5.60 Å². The molecule has 2 heteroatoms. The quantitative estimate of drug-likeness (QED) is 0.866.